The number of aliphatic hydroxyl groups excluding tert-OH is 2. The molecule has 190 valence electrons. The van der Waals surface area contributed by atoms with E-state index in [0.717, 1.165) is 19.3 Å². The normalized spacial score (nSPS) is 48.5. The van der Waals surface area contributed by atoms with Crippen LogP contribution in [-0.2, 0) is 13.9 Å². The van der Waals surface area contributed by atoms with E-state index in [-0.39, 0.29) is 52.8 Å². The first kappa shape index (κ1) is 25.6. The highest BCUT2D eigenvalue weighted by molar-refractivity contribution is 7.46. The molecule has 33 heavy (non-hydrogen) atoms. The Balaban J connectivity index is 1.56. The highest BCUT2D eigenvalue weighted by atomic mass is 31.2. The number of carboxylic acids is 1. The van der Waals surface area contributed by atoms with Gasteiger partial charge in [0.25, 0.3) is 0 Å². The fraction of sp³-hybridized carbons (Fsp3) is 0.958. The number of aliphatic hydroxyl groups is 2. The maximum absolute atomic E-state index is 11.5. The maximum Gasteiger partial charge on any atom is 0.469 e. The maximum atomic E-state index is 11.5. The lowest BCUT2D eigenvalue weighted by molar-refractivity contribution is -0.206. The van der Waals surface area contributed by atoms with Crippen molar-refractivity contribution in [1.82, 2.24) is 0 Å². The molecule has 8 nitrogen and oxygen atoms in total. The van der Waals surface area contributed by atoms with E-state index in [2.05, 4.69) is 20.8 Å². The van der Waals surface area contributed by atoms with Crippen molar-refractivity contribution in [3.05, 3.63) is 0 Å². The third kappa shape index (κ3) is 4.45. The van der Waals surface area contributed by atoms with E-state index in [0.29, 0.717) is 32.1 Å². The third-order valence-electron chi connectivity index (χ3n) is 10.6. The van der Waals surface area contributed by atoms with Gasteiger partial charge >= 0.3 is 13.8 Å². The number of hydrogen-bond donors (Lipinski definition) is 5. The number of phosphoric ester groups is 1. The minimum absolute atomic E-state index is 0.0931. The molecule has 0 aliphatic heterocycles. The SMILES string of the molecule is C[C@H](CCC(=O)O)[C@H]1CC[C@H]2[C@@H]3[C@H](O)C[C@@H]4C[C@H](OP(=O)(O)O)CC[C@]4(C)[C@H]3C[C@H](O)[C@]12C. The zero-order chi connectivity index (χ0) is 24.3. The molecule has 0 aromatic rings. The highest BCUT2D eigenvalue weighted by Gasteiger charge is 2.65. The van der Waals surface area contributed by atoms with Crippen LogP contribution in [0.4, 0.5) is 0 Å². The molecule has 5 N–H and O–H groups in total. The first-order valence-corrected chi connectivity index (χ1v) is 14.1. The average molecular weight is 489 g/mol. The van der Waals surface area contributed by atoms with Gasteiger partial charge < -0.3 is 25.1 Å². The Labute approximate surface area is 196 Å². The Kier molecular flexibility index (Phi) is 6.87. The van der Waals surface area contributed by atoms with Crippen molar-refractivity contribution >= 4 is 13.8 Å². The lowest BCUT2D eigenvalue weighted by Gasteiger charge is -2.63. The molecule has 0 heterocycles. The van der Waals surface area contributed by atoms with Crippen molar-refractivity contribution in [3.63, 3.8) is 0 Å². The first-order valence-electron chi connectivity index (χ1n) is 12.6. The second-order valence-electron chi connectivity index (χ2n) is 12.0. The molecule has 0 aromatic carbocycles. The smallest absolute Gasteiger partial charge is 0.469 e. The second-order valence-corrected chi connectivity index (χ2v) is 13.2. The van der Waals surface area contributed by atoms with Crippen LogP contribution in [0.25, 0.3) is 0 Å². The molecule has 0 saturated heterocycles. The van der Waals surface area contributed by atoms with Crippen LogP contribution in [-0.4, -0.2) is 49.4 Å². The van der Waals surface area contributed by atoms with E-state index in [9.17, 15) is 29.4 Å². The number of phosphoric acid groups is 1. The Morgan fingerprint density at radius 1 is 1.09 bits per heavy atom. The average Bonchev–Trinajstić information content (AvgIpc) is 3.05. The van der Waals surface area contributed by atoms with Gasteiger partial charge in [-0.05, 0) is 97.7 Å². The summed E-state index contributed by atoms with van der Waals surface area (Å²) in [4.78, 5) is 29.6. The first-order chi connectivity index (χ1) is 15.3. The topological polar surface area (TPSA) is 145 Å². The Morgan fingerprint density at radius 2 is 1.79 bits per heavy atom. The molecule has 0 unspecified atom stereocenters. The number of aliphatic carboxylic acids is 1. The lowest BCUT2D eigenvalue weighted by atomic mass is 9.43. The van der Waals surface area contributed by atoms with Gasteiger partial charge in [0, 0.05) is 6.42 Å². The minimum Gasteiger partial charge on any atom is -0.481 e. The Hall–Kier alpha value is -0.500. The zero-order valence-corrected chi connectivity index (χ0v) is 20.9. The zero-order valence-electron chi connectivity index (χ0n) is 20.0. The van der Waals surface area contributed by atoms with Crippen LogP contribution in [0.5, 0.6) is 0 Å². The standard InChI is InChI=1S/C24H41O8P/c1-13(4-7-21(27)28)16-5-6-17-22-18(12-20(26)24(16,17)3)23(2)9-8-15(32-33(29,30)31)10-14(23)11-19(22)25/h13-20,22,25-26H,4-12H2,1-3H3,(H,27,28)(H2,29,30,31)/t13-,14+,15-,16-,17+,18+,19-,20+,22+,23+,24-/m1/s1. The van der Waals surface area contributed by atoms with Crippen LogP contribution in [0.2, 0.25) is 0 Å². The van der Waals surface area contributed by atoms with E-state index in [1.54, 1.807) is 0 Å². The molecule has 4 fully saturated rings. The van der Waals surface area contributed by atoms with Crippen molar-refractivity contribution < 1.29 is 39.0 Å². The predicted octanol–water partition coefficient (Wildman–Crippen LogP) is 3.57. The molecule has 0 aromatic heterocycles. The minimum atomic E-state index is -4.55. The summed E-state index contributed by atoms with van der Waals surface area (Å²) in [6.45, 7) is 6.52. The summed E-state index contributed by atoms with van der Waals surface area (Å²) in [6, 6.07) is 0. The molecule has 4 aliphatic carbocycles. The number of rotatable bonds is 6. The summed E-state index contributed by atoms with van der Waals surface area (Å²) in [5, 5.41) is 32.0. The highest BCUT2D eigenvalue weighted by Crippen LogP contribution is 2.68. The van der Waals surface area contributed by atoms with E-state index in [1.165, 1.54) is 0 Å². The fourth-order valence-electron chi connectivity index (χ4n) is 8.96. The van der Waals surface area contributed by atoms with E-state index >= 15 is 0 Å². The van der Waals surface area contributed by atoms with Crippen molar-refractivity contribution in [2.45, 2.75) is 96.9 Å². The van der Waals surface area contributed by atoms with Crippen LogP contribution in [0.15, 0.2) is 0 Å². The molecule has 0 spiro atoms. The van der Waals surface area contributed by atoms with Gasteiger partial charge in [0.15, 0.2) is 0 Å². The van der Waals surface area contributed by atoms with Crippen molar-refractivity contribution in [3.8, 4) is 0 Å². The van der Waals surface area contributed by atoms with Gasteiger partial charge in [-0.1, -0.05) is 20.8 Å². The van der Waals surface area contributed by atoms with Gasteiger partial charge in [0.1, 0.15) is 0 Å². The van der Waals surface area contributed by atoms with Gasteiger partial charge in [0.05, 0.1) is 18.3 Å². The molecule has 4 rings (SSSR count). The quantitative estimate of drug-likeness (QED) is 0.357. The number of hydrogen-bond acceptors (Lipinski definition) is 5. The van der Waals surface area contributed by atoms with Crippen LogP contribution >= 0.6 is 7.82 Å². The number of fused-ring (bicyclic) bond motifs is 5. The Morgan fingerprint density at radius 3 is 2.42 bits per heavy atom. The summed E-state index contributed by atoms with van der Waals surface area (Å²) in [6.07, 6.45) is 4.21. The van der Waals surface area contributed by atoms with Gasteiger partial charge in [-0.2, -0.15) is 0 Å². The second kappa shape index (κ2) is 8.86. The molecular formula is C24H41O8P. The van der Waals surface area contributed by atoms with E-state index < -0.39 is 32.1 Å². The summed E-state index contributed by atoms with van der Waals surface area (Å²) >= 11 is 0. The fourth-order valence-corrected chi connectivity index (χ4v) is 9.54. The number of carbonyl (C=O) groups is 1. The third-order valence-corrected chi connectivity index (χ3v) is 11.2. The van der Waals surface area contributed by atoms with Crippen molar-refractivity contribution in [2.75, 3.05) is 0 Å². The van der Waals surface area contributed by atoms with E-state index in [4.69, 9.17) is 9.63 Å². The molecule has 0 radical (unpaired) electrons. The largest absolute Gasteiger partial charge is 0.481 e. The van der Waals surface area contributed by atoms with Crippen LogP contribution in [0.3, 0.4) is 0 Å². The van der Waals surface area contributed by atoms with E-state index in [1.807, 2.05) is 0 Å². The molecular weight excluding hydrogens is 447 g/mol. The van der Waals surface area contributed by atoms with Crippen LogP contribution in [0.1, 0.15) is 78.6 Å². The summed E-state index contributed by atoms with van der Waals surface area (Å²) < 4.78 is 16.4. The predicted molar refractivity (Wildman–Crippen MR) is 121 cm³/mol. The van der Waals surface area contributed by atoms with Crippen LogP contribution in [0, 0.1) is 46.3 Å². The van der Waals surface area contributed by atoms with Gasteiger partial charge in [-0.3, -0.25) is 9.32 Å². The van der Waals surface area contributed by atoms with Crippen molar-refractivity contribution in [1.29, 1.82) is 0 Å². The summed E-state index contributed by atoms with van der Waals surface area (Å²) in [7, 11) is -4.55. The van der Waals surface area contributed by atoms with Crippen molar-refractivity contribution in [2.24, 2.45) is 46.3 Å². The molecule has 11 atom stereocenters. The lowest BCUT2D eigenvalue weighted by Crippen LogP contribution is -2.62. The molecule has 0 amide bonds. The van der Waals surface area contributed by atoms with Gasteiger partial charge in [0.2, 0.25) is 0 Å². The summed E-state index contributed by atoms with van der Waals surface area (Å²) in [5.74, 6) is 0.196. The molecule has 0 bridgehead atoms. The molecule has 4 saturated carbocycles. The van der Waals surface area contributed by atoms with Gasteiger partial charge in [-0.15, -0.1) is 0 Å². The van der Waals surface area contributed by atoms with Gasteiger partial charge in [-0.25, -0.2) is 4.57 Å². The molecule has 4 aliphatic rings. The number of carboxylic acid groups (broad SMARTS) is 1. The summed E-state index contributed by atoms with van der Waals surface area (Å²) in [5.41, 5.74) is -0.433. The monoisotopic (exact) mass is 488 g/mol. The van der Waals surface area contributed by atoms with Crippen LogP contribution < -0.4 is 0 Å². The molecule has 9 heteroatoms. The Bertz CT molecular complexity index is 799.